The molecule has 0 atom stereocenters. The Balaban J connectivity index is 0.000000199. The number of hydrogen-bond donors (Lipinski definition) is 0. The van der Waals surface area contributed by atoms with E-state index in [0.717, 1.165) is 39.0 Å². The van der Waals surface area contributed by atoms with Gasteiger partial charge < -0.3 is 14.0 Å². The maximum absolute atomic E-state index is 7.28. The first-order chi connectivity index (χ1) is 22.5. The van der Waals surface area contributed by atoms with Crippen molar-refractivity contribution in [3.05, 3.63) is 102 Å². The molecule has 0 amide bonds. The summed E-state index contributed by atoms with van der Waals surface area (Å²) >= 11 is 0. The molecule has 7 rings (SSSR count). The van der Waals surface area contributed by atoms with Gasteiger partial charge in [-0.05, 0) is 64.9 Å². The molecule has 0 aliphatic carbocycles. The summed E-state index contributed by atoms with van der Waals surface area (Å²) in [5, 5.41) is 2.00. The van der Waals surface area contributed by atoms with Gasteiger partial charge in [-0.25, -0.2) is 15.0 Å². The predicted molar refractivity (Wildman–Crippen MR) is 167 cm³/mol. The van der Waals surface area contributed by atoms with Gasteiger partial charge in [0.1, 0.15) is 5.82 Å². The van der Waals surface area contributed by atoms with Crippen molar-refractivity contribution in [2.24, 2.45) is 0 Å². The Bertz CT molecular complexity index is 2210. The van der Waals surface area contributed by atoms with E-state index >= 15 is 0 Å². The van der Waals surface area contributed by atoms with E-state index in [1.165, 1.54) is 24.4 Å². The molecule has 0 bridgehead atoms. The molecule has 8 heteroatoms. The fourth-order valence-corrected chi connectivity index (χ4v) is 4.82. The third-order valence-electron chi connectivity index (χ3n) is 6.72. The summed E-state index contributed by atoms with van der Waals surface area (Å²) < 4.78 is 52.0. The average molecular weight is 751 g/mol. The molecule has 0 unspecified atom stereocenters. The smallest absolute Gasteiger partial charge is 0.216 e. The molecule has 0 saturated heterocycles. The number of rotatable bonds is 2. The Morgan fingerprint density at radius 3 is 2.35 bits per heavy atom. The molecule has 0 aliphatic rings. The van der Waals surface area contributed by atoms with Gasteiger partial charge in [-0.2, -0.15) is 0 Å². The van der Waals surface area contributed by atoms with Gasteiger partial charge in [0.15, 0.2) is 5.65 Å². The van der Waals surface area contributed by atoms with Crippen LogP contribution in [0.3, 0.4) is 0 Å². The number of pyridine rings is 2. The Morgan fingerprint density at radius 2 is 1.65 bits per heavy atom. The van der Waals surface area contributed by atoms with Gasteiger partial charge >= 0.3 is 0 Å². The van der Waals surface area contributed by atoms with Gasteiger partial charge in [0.25, 0.3) is 0 Å². The van der Waals surface area contributed by atoms with Crippen molar-refractivity contribution in [2.45, 2.75) is 53.9 Å². The normalized spacial score (nSPS) is 14.1. The van der Waals surface area contributed by atoms with Crippen LogP contribution in [0.4, 0.5) is 0 Å². The van der Waals surface area contributed by atoms with E-state index in [1.54, 1.807) is 12.1 Å². The average Bonchev–Trinajstić information content (AvgIpc) is 3.58. The van der Waals surface area contributed by atoms with Crippen molar-refractivity contribution in [3.63, 3.8) is 0 Å². The summed E-state index contributed by atoms with van der Waals surface area (Å²) in [4.78, 5) is 22.4. The van der Waals surface area contributed by atoms with Crippen LogP contribution in [-0.2, 0) is 25.6 Å². The van der Waals surface area contributed by atoms with E-state index in [0.29, 0.717) is 28.4 Å². The summed E-state index contributed by atoms with van der Waals surface area (Å²) in [7, 11) is 0. The van der Waals surface area contributed by atoms with E-state index in [2.05, 4.69) is 63.5 Å². The maximum Gasteiger partial charge on any atom is 0.216 e. The minimum atomic E-state index is -2.18. The first-order valence-corrected chi connectivity index (χ1v) is 13.4. The number of aryl methyl sites for hydroxylation is 4. The van der Waals surface area contributed by atoms with Gasteiger partial charge in [-0.1, -0.05) is 29.9 Å². The molecule has 2 aromatic carbocycles. The molecule has 0 fully saturated rings. The van der Waals surface area contributed by atoms with Crippen LogP contribution >= 0.6 is 0 Å². The van der Waals surface area contributed by atoms with Crippen LogP contribution in [0.2, 0.25) is 0 Å². The standard InChI is InChI=1S/C22H20N5O.C13H12N.Ir/c1-12-9-10-15-14-7-6-8-16(18(14)28-21(15)24-12)20-26-19-17(11-23-13(2)25-19)27(20)22(3,4)5;1-10-3-6-12(7-4-10)13-8-5-11(2)9-14-13;/h6-7,9-11H,1-5H3;3-6,8-9H,1-2H3;/q2*-1;/i;1D3,2D3;. The quantitative estimate of drug-likeness (QED) is 0.166. The van der Waals surface area contributed by atoms with Crippen LogP contribution in [0.15, 0.2) is 71.4 Å². The molecule has 219 valence electrons. The third-order valence-corrected chi connectivity index (χ3v) is 6.72. The molecule has 7 aromatic rings. The number of hydrogen-bond acceptors (Lipinski definition) is 6. The van der Waals surface area contributed by atoms with Crippen LogP contribution in [0.25, 0.3) is 55.9 Å². The number of furan rings is 1. The van der Waals surface area contributed by atoms with Crippen molar-refractivity contribution >= 4 is 33.2 Å². The second-order valence-corrected chi connectivity index (χ2v) is 11.0. The van der Waals surface area contributed by atoms with Crippen LogP contribution < -0.4 is 0 Å². The van der Waals surface area contributed by atoms with Gasteiger partial charge in [-0.3, -0.25) is 4.98 Å². The van der Waals surface area contributed by atoms with Gasteiger partial charge in [0.2, 0.25) is 5.71 Å². The van der Waals surface area contributed by atoms with Crippen molar-refractivity contribution in [1.82, 2.24) is 29.5 Å². The fraction of sp³-hybridized carbons (Fsp3) is 0.229. The summed E-state index contributed by atoms with van der Waals surface area (Å²) in [6, 6.07) is 21.7. The first kappa shape index (κ1) is 23.2. The zero-order valence-corrected chi connectivity index (χ0v) is 26.7. The molecule has 1 radical (unpaired) electrons. The van der Waals surface area contributed by atoms with Crippen molar-refractivity contribution in [2.75, 3.05) is 0 Å². The van der Waals surface area contributed by atoms with Gasteiger partial charge in [0.05, 0.1) is 23.1 Å². The van der Waals surface area contributed by atoms with E-state index in [-0.39, 0.29) is 36.8 Å². The molecule has 0 saturated carbocycles. The molecule has 43 heavy (non-hydrogen) atoms. The number of imidazole rings is 1. The molecule has 0 N–H and O–H groups in total. The molecule has 0 spiro atoms. The van der Waals surface area contributed by atoms with Gasteiger partial charge in [0, 0.05) is 51.1 Å². The number of benzene rings is 2. The largest absolute Gasteiger partial charge is 0.486 e. The minimum Gasteiger partial charge on any atom is -0.486 e. The van der Waals surface area contributed by atoms with E-state index in [9.17, 15) is 0 Å². The van der Waals surface area contributed by atoms with Crippen molar-refractivity contribution < 1.29 is 32.7 Å². The predicted octanol–water partition coefficient (Wildman–Crippen LogP) is 8.12. The molecule has 7 nitrogen and oxygen atoms in total. The van der Waals surface area contributed by atoms with Crippen LogP contribution in [0, 0.1) is 39.7 Å². The van der Waals surface area contributed by atoms with Crippen LogP contribution in [0.5, 0.6) is 0 Å². The topological polar surface area (TPSA) is 82.5 Å². The summed E-state index contributed by atoms with van der Waals surface area (Å²) in [6.45, 7) is 5.91. The second-order valence-electron chi connectivity index (χ2n) is 11.0. The summed E-state index contributed by atoms with van der Waals surface area (Å²) in [5.41, 5.74) is 5.98. The number of fused-ring (bicyclic) bond motifs is 4. The van der Waals surface area contributed by atoms with Gasteiger partial charge in [-0.15, -0.1) is 53.6 Å². The van der Waals surface area contributed by atoms with Crippen LogP contribution in [-0.4, -0.2) is 29.5 Å². The Labute approximate surface area is 273 Å². The summed E-state index contributed by atoms with van der Waals surface area (Å²) in [5.74, 6) is 1.46. The molecular weight excluding hydrogens is 713 g/mol. The number of aromatic nitrogens is 6. The Morgan fingerprint density at radius 1 is 0.837 bits per heavy atom. The zero-order chi connectivity index (χ0) is 34.6. The third kappa shape index (κ3) is 5.99. The Kier molecular flexibility index (Phi) is 6.37. The molecule has 5 aromatic heterocycles. The van der Waals surface area contributed by atoms with E-state index in [4.69, 9.17) is 17.6 Å². The maximum atomic E-state index is 7.28. The molecule has 0 aliphatic heterocycles. The monoisotopic (exact) mass is 751 g/mol. The number of nitrogens with zero attached hydrogens (tertiary/aromatic N) is 6. The fourth-order valence-electron chi connectivity index (χ4n) is 4.82. The Hall–Kier alpha value is -4.26. The second kappa shape index (κ2) is 11.8. The van der Waals surface area contributed by atoms with Crippen molar-refractivity contribution in [3.8, 4) is 22.6 Å². The first-order valence-electron chi connectivity index (χ1n) is 16.4. The molecule has 5 heterocycles. The van der Waals surface area contributed by atoms with Crippen LogP contribution in [0.1, 0.15) is 51.6 Å². The SMILES string of the molecule is Cc1ccc2c(n1)oc1c(-c3nc4nc(C)ncc4n3C(C)(C)C)[c-]ccc12.[2H]C([2H])([2H])c1c[c-]c(-c2ccc(C([2H])([2H])[2H])cn2)cc1.[Ir]. The molecular formula is C35H32IrN6O-2. The summed E-state index contributed by atoms with van der Waals surface area (Å²) in [6.07, 6.45) is 3.14. The van der Waals surface area contributed by atoms with E-state index in [1.807, 2.05) is 38.2 Å². The van der Waals surface area contributed by atoms with E-state index < -0.39 is 13.7 Å². The zero-order valence-electron chi connectivity index (χ0n) is 30.3. The van der Waals surface area contributed by atoms with Crippen molar-refractivity contribution in [1.29, 1.82) is 0 Å². The minimum absolute atomic E-state index is 0.